The molecule has 0 fully saturated rings. The van der Waals surface area contributed by atoms with Crippen molar-refractivity contribution >= 4 is 21.5 Å². The van der Waals surface area contributed by atoms with Gasteiger partial charge >= 0.3 is 0 Å². The second kappa shape index (κ2) is 9.42. The van der Waals surface area contributed by atoms with E-state index in [1.165, 1.54) is 10.8 Å². The van der Waals surface area contributed by atoms with Crippen LogP contribution in [-0.4, -0.2) is 5.60 Å². The Balaban J connectivity index is 1.45. The first-order valence-electron chi connectivity index (χ1n) is 11.8. The summed E-state index contributed by atoms with van der Waals surface area (Å²) in [5.74, 6) is 14.2. The highest BCUT2D eigenvalue weighted by Crippen LogP contribution is 2.23. The van der Waals surface area contributed by atoms with E-state index in [1.807, 2.05) is 51.1 Å². The fraction of sp³-hybridized carbons (Fsp3) is 0.118. The van der Waals surface area contributed by atoms with Gasteiger partial charge in [0.2, 0.25) is 0 Å². The van der Waals surface area contributed by atoms with Crippen molar-refractivity contribution in [1.82, 2.24) is 0 Å². The van der Waals surface area contributed by atoms with Crippen LogP contribution in [0.15, 0.2) is 103 Å². The van der Waals surface area contributed by atoms with Gasteiger partial charge in [0, 0.05) is 22.3 Å². The van der Waals surface area contributed by atoms with E-state index in [0.717, 1.165) is 38.8 Å². The Labute approximate surface area is 207 Å². The third kappa shape index (κ3) is 5.38. The van der Waals surface area contributed by atoms with E-state index in [1.54, 1.807) is 0 Å². The fourth-order valence-corrected chi connectivity index (χ4v) is 4.02. The van der Waals surface area contributed by atoms with Crippen LogP contribution in [-0.2, 0) is 0 Å². The molecule has 0 aliphatic carbocycles. The molecule has 1 nitrogen and oxygen atoms in total. The zero-order chi connectivity index (χ0) is 24.3. The number of hydrogen-bond acceptors (Lipinski definition) is 1. The predicted molar refractivity (Wildman–Crippen MR) is 147 cm³/mol. The van der Waals surface area contributed by atoms with Gasteiger partial charge in [-0.15, -0.1) is 0 Å². The van der Waals surface area contributed by atoms with Crippen molar-refractivity contribution in [3.8, 4) is 29.4 Å². The second-order valence-corrected chi connectivity index (χ2v) is 9.51. The molecule has 0 amide bonds. The van der Waals surface area contributed by atoms with Crippen LogP contribution in [0.1, 0.15) is 43.0 Å². The Bertz CT molecular complexity index is 1640. The lowest BCUT2D eigenvalue weighted by atomic mass is 9.99. The van der Waals surface area contributed by atoms with Crippen LogP contribution in [0.5, 0.6) is 5.75 Å². The van der Waals surface area contributed by atoms with Crippen LogP contribution in [0.3, 0.4) is 0 Å². The zero-order valence-electron chi connectivity index (χ0n) is 20.2. The monoisotopic (exact) mass is 450 g/mol. The number of ether oxygens (including phenoxy) is 1. The van der Waals surface area contributed by atoms with E-state index in [0.29, 0.717) is 0 Å². The Hall–Kier alpha value is -4.46. The number of rotatable bonds is 1. The molecule has 0 aromatic heterocycles. The molecule has 5 aromatic rings. The molecule has 0 saturated heterocycles. The maximum absolute atomic E-state index is 5.91. The Morgan fingerprint density at radius 1 is 0.514 bits per heavy atom. The van der Waals surface area contributed by atoms with Crippen molar-refractivity contribution in [2.45, 2.75) is 26.4 Å². The molecule has 0 saturated carbocycles. The zero-order valence-corrected chi connectivity index (χ0v) is 20.2. The quantitative estimate of drug-likeness (QED) is 0.235. The van der Waals surface area contributed by atoms with E-state index in [-0.39, 0.29) is 5.60 Å². The molecule has 168 valence electrons. The van der Waals surface area contributed by atoms with E-state index in [4.69, 9.17) is 4.74 Å². The molecule has 0 heterocycles. The van der Waals surface area contributed by atoms with Gasteiger partial charge in [0.25, 0.3) is 0 Å². The van der Waals surface area contributed by atoms with E-state index >= 15 is 0 Å². The van der Waals surface area contributed by atoms with Crippen LogP contribution in [0.25, 0.3) is 21.5 Å². The van der Waals surface area contributed by atoms with Gasteiger partial charge in [-0.1, -0.05) is 78.3 Å². The number of benzene rings is 5. The summed E-state index contributed by atoms with van der Waals surface area (Å²) in [4.78, 5) is 0. The van der Waals surface area contributed by atoms with Gasteiger partial charge in [-0.2, -0.15) is 0 Å². The van der Waals surface area contributed by atoms with Gasteiger partial charge in [0.05, 0.1) is 0 Å². The molecule has 0 aliphatic heterocycles. The lowest BCUT2D eigenvalue weighted by Crippen LogP contribution is -2.22. The lowest BCUT2D eigenvalue weighted by Gasteiger charge is -2.21. The Morgan fingerprint density at radius 3 is 1.69 bits per heavy atom. The van der Waals surface area contributed by atoms with Crippen LogP contribution < -0.4 is 4.74 Å². The summed E-state index contributed by atoms with van der Waals surface area (Å²) < 4.78 is 5.91. The topological polar surface area (TPSA) is 9.23 Å². The van der Waals surface area contributed by atoms with Crippen molar-refractivity contribution in [3.05, 3.63) is 125 Å². The first-order valence-corrected chi connectivity index (χ1v) is 11.8. The standard InChI is InChI=1S/C34H26O/c1-34(2,3)35-31-22-15-25(16-23-31)12-18-28-20-21-29(33-11-7-6-10-32(28)33)19-14-26-13-17-27-8-4-5-9-30(27)24-26/h4-11,13,15-17,20-24H,1-3H3. The van der Waals surface area contributed by atoms with Crippen LogP contribution in [0.4, 0.5) is 0 Å². The highest BCUT2D eigenvalue weighted by atomic mass is 16.5. The lowest BCUT2D eigenvalue weighted by molar-refractivity contribution is 0.131. The average molecular weight is 451 g/mol. The van der Waals surface area contributed by atoms with Gasteiger partial charge in [-0.25, -0.2) is 0 Å². The second-order valence-electron chi connectivity index (χ2n) is 9.51. The minimum Gasteiger partial charge on any atom is -0.488 e. The molecule has 0 spiro atoms. The van der Waals surface area contributed by atoms with Gasteiger partial charge < -0.3 is 4.74 Å². The molecule has 1 heteroatoms. The summed E-state index contributed by atoms with van der Waals surface area (Å²) in [6, 6.07) is 35.1. The first kappa shape index (κ1) is 22.3. The first-order chi connectivity index (χ1) is 16.9. The summed E-state index contributed by atoms with van der Waals surface area (Å²) in [6.45, 7) is 6.13. The van der Waals surface area contributed by atoms with E-state index in [9.17, 15) is 0 Å². The van der Waals surface area contributed by atoms with E-state index < -0.39 is 0 Å². The van der Waals surface area contributed by atoms with E-state index in [2.05, 4.69) is 96.5 Å². The van der Waals surface area contributed by atoms with Gasteiger partial charge in [-0.3, -0.25) is 0 Å². The highest BCUT2D eigenvalue weighted by Gasteiger charge is 2.11. The molecule has 0 aliphatic rings. The maximum Gasteiger partial charge on any atom is 0.120 e. The largest absolute Gasteiger partial charge is 0.488 e. The molecule has 0 unspecified atom stereocenters. The highest BCUT2D eigenvalue weighted by molar-refractivity contribution is 5.93. The Kier molecular flexibility index (Phi) is 6.01. The van der Waals surface area contributed by atoms with Gasteiger partial charge in [0.1, 0.15) is 11.4 Å². The summed E-state index contributed by atoms with van der Waals surface area (Å²) in [5, 5.41) is 4.65. The summed E-state index contributed by atoms with van der Waals surface area (Å²) >= 11 is 0. The normalized spacial score (nSPS) is 10.8. The molecule has 0 bridgehead atoms. The summed E-state index contributed by atoms with van der Waals surface area (Å²) in [6.07, 6.45) is 0. The third-order valence-corrected chi connectivity index (χ3v) is 5.63. The predicted octanol–water partition coefficient (Wildman–Crippen LogP) is 7.97. The maximum atomic E-state index is 5.91. The molecular formula is C34H26O. The molecular weight excluding hydrogens is 424 g/mol. The molecule has 35 heavy (non-hydrogen) atoms. The van der Waals surface area contributed by atoms with Crippen molar-refractivity contribution < 1.29 is 4.74 Å². The van der Waals surface area contributed by atoms with Gasteiger partial charge in [-0.05, 0) is 90.8 Å². The fourth-order valence-electron chi connectivity index (χ4n) is 4.02. The minimum absolute atomic E-state index is 0.217. The summed E-state index contributed by atoms with van der Waals surface area (Å²) in [5.41, 5.74) is 3.74. The molecule has 0 N–H and O–H groups in total. The van der Waals surface area contributed by atoms with Crippen LogP contribution >= 0.6 is 0 Å². The Morgan fingerprint density at radius 2 is 1.06 bits per heavy atom. The van der Waals surface area contributed by atoms with Crippen molar-refractivity contribution in [3.63, 3.8) is 0 Å². The molecule has 0 atom stereocenters. The third-order valence-electron chi connectivity index (χ3n) is 5.63. The number of fused-ring (bicyclic) bond motifs is 2. The van der Waals surface area contributed by atoms with Crippen molar-refractivity contribution in [2.24, 2.45) is 0 Å². The number of hydrogen-bond donors (Lipinski definition) is 0. The SMILES string of the molecule is CC(C)(C)Oc1ccc(C#Cc2ccc(C#Cc3ccc4ccccc4c3)c3ccccc23)cc1. The van der Waals surface area contributed by atoms with Gasteiger partial charge in [0.15, 0.2) is 0 Å². The van der Waals surface area contributed by atoms with Crippen LogP contribution in [0.2, 0.25) is 0 Å². The smallest absolute Gasteiger partial charge is 0.120 e. The molecule has 0 radical (unpaired) electrons. The van der Waals surface area contributed by atoms with Crippen molar-refractivity contribution in [2.75, 3.05) is 0 Å². The van der Waals surface area contributed by atoms with Crippen molar-refractivity contribution in [1.29, 1.82) is 0 Å². The van der Waals surface area contributed by atoms with Crippen LogP contribution in [0, 0.1) is 23.7 Å². The molecule has 5 aromatic carbocycles. The average Bonchev–Trinajstić information content (AvgIpc) is 2.86. The minimum atomic E-state index is -0.217. The molecule has 5 rings (SSSR count). The summed E-state index contributed by atoms with van der Waals surface area (Å²) in [7, 11) is 0.